The van der Waals surface area contributed by atoms with Crippen LogP contribution in [0.1, 0.15) is 69.4 Å². The molecule has 1 saturated heterocycles. The SMILES string of the molecule is CC(C)c1cc(C(=N)N(C(=N)C(N)=O)C2CCC(N3CCCC3)CC2)c(O)cc1O. The summed E-state index contributed by atoms with van der Waals surface area (Å²) in [6.45, 7) is 6.07. The second-order valence-corrected chi connectivity index (χ2v) is 8.72. The molecule has 6 N–H and O–H groups in total. The number of carbonyl (C=O) groups excluding carboxylic acids is 1. The van der Waals surface area contributed by atoms with E-state index in [1.807, 2.05) is 13.8 Å². The van der Waals surface area contributed by atoms with E-state index in [4.69, 9.17) is 16.6 Å². The predicted octanol–water partition coefficient (Wildman–Crippen LogP) is 2.72. The molecule has 0 spiro atoms. The fourth-order valence-corrected chi connectivity index (χ4v) is 4.76. The maximum absolute atomic E-state index is 11.9. The molecule has 2 aliphatic rings. The minimum atomic E-state index is -0.899. The zero-order valence-corrected chi connectivity index (χ0v) is 17.8. The molecule has 8 heteroatoms. The summed E-state index contributed by atoms with van der Waals surface area (Å²) in [5.74, 6) is -1.79. The van der Waals surface area contributed by atoms with E-state index in [-0.39, 0.29) is 34.9 Å². The third-order valence-corrected chi connectivity index (χ3v) is 6.43. The van der Waals surface area contributed by atoms with E-state index < -0.39 is 11.7 Å². The maximum atomic E-state index is 11.9. The molecule has 0 aromatic heterocycles. The van der Waals surface area contributed by atoms with Crippen LogP contribution in [0.15, 0.2) is 12.1 Å². The quantitative estimate of drug-likeness (QED) is 0.380. The smallest absolute Gasteiger partial charge is 0.284 e. The number of hydrogen-bond acceptors (Lipinski definition) is 6. The van der Waals surface area contributed by atoms with Crippen LogP contribution in [-0.2, 0) is 4.79 Å². The minimum absolute atomic E-state index is 0.0166. The molecular formula is C22H33N5O3. The van der Waals surface area contributed by atoms with Gasteiger partial charge in [0.05, 0.1) is 5.56 Å². The monoisotopic (exact) mass is 415 g/mol. The first kappa shape index (κ1) is 22.1. The van der Waals surface area contributed by atoms with Crippen LogP contribution in [0.2, 0.25) is 0 Å². The van der Waals surface area contributed by atoms with E-state index in [2.05, 4.69) is 4.90 Å². The summed E-state index contributed by atoms with van der Waals surface area (Å²) in [4.78, 5) is 15.7. The number of hydrogen-bond donors (Lipinski definition) is 5. The Morgan fingerprint density at radius 3 is 2.23 bits per heavy atom. The first-order valence-electron chi connectivity index (χ1n) is 10.8. The molecule has 0 radical (unpaired) electrons. The molecule has 1 aromatic carbocycles. The fraction of sp³-hybridized carbons (Fsp3) is 0.591. The molecule has 1 aliphatic heterocycles. The minimum Gasteiger partial charge on any atom is -0.508 e. The van der Waals surface area contributed by atoms with Gasteiger partial charge in [0, 0.05) is 18.2 Å². The third-order valence-electron chi connectivity index (χ3n) is 6.43. The standard InChI is InChI=1S/C22H33N5O3/c1-13(2)16-11-17(19(29)12-18(16)28)20(23)27(21(24)22(25)30)15-7-5-14(6-8-15)26-9-3-4-10-26/h11-15,23-24,28-29H,3-10H2,1-2H3,(H2,25,30). The van der Waals surface area contributed by atoms with E-state index in [1.54, 1.807) is 6.07 Å². The number of amides is 1. The molecule has 2 fully saturated rings. The highest BCUT2D eigenvalue weighted by Crippen LogP contribution is 2.35. The first-order valence-corrected chi connectivity index (χ1v) is 10.8. The number of carbonyl (C=O) groups is 1. The van der Waals surface area contributed by atoms with Crippen molar-refractivity contribution in [1.82, 2.24) is 9.80 Å². The average molecular weight is 416 g/mol. The van der Waals surface area contributed by atoms with E-state index in [0.717, 1.165) is 38.8 Å². The van der Waals surface area contributed by atoms with Crippen LogP contribution in [0.3, 0.4) is 0 Å². The molecule has 1 heterocycles. The molecule has 0 bridgehead atoms. The molecule has 164 valence electrons. The van der Waals surface area contributed by atoms with E-state index in [9.17, 15) is 15.0 Å². The number of benzene rings is 1. The summed E-state index contributed by atoms with van der Waals surface area (Å²) in [6.07, 6.45) is 5.85. The molecule has 1 aromatic rings. The summed E-state index contributed by atoms with van der Waals surface area (Å²) in [7, 11) is 0. The van der Waals surface area contributed by atoms with Gasteiger partial charge in [-0.3, -0.25) is 15.6 Å². The molecule has 0 unspecified atom stereocenters. The van der Waals surface area contributed by atoms with Crippen LogP contribution in [0.5, 0.6) is 11.5 Å². The van der Waals surface area contributed by atoms with Crippen molar-refractivity contribution >= 4 is 17.6 Å². The number of phenols is 2. The average Bonchev–Trinajstić information content (AvgIpc) is 3.23. The number of phenolic OH excluding ortho intramolecular Hbond substituents is 2. The van der Waals surface area contributed by atoms with E-state index in [1.165, 1.54) is 23.8 Å². The van der Waals surface area contributed by atoms with Gasteiger partial charge in [0.25, 0.3) is 5.91 Å². The Balaban J connectivity index is 1.86. The van der Waals surface area contributed by atoms with Gasteiger partial charge in [0.1, 0.15) is 17.3 Å². The lowest BCUT2D eigenvalue weighted by molar-refractivity contribution is -0.112. The summed E-state index contributed by atoms with van der Waals surface area (Å²) in [6, 6.07) is 3.09. The Labute approximate surface area is 177 Å². The number of rotatable bonds is 4. The molecule has 0 atom stereocenters. The number of primary amides is 1. The molecule has 8 nitrogen and oxygen atoms in total. The molecule has 30 heavy (non-hydrogen) atoms. The van der Waals surface area contributed by atoms with Gasteiger partial charge in [-0.1, -0.05) is 13.8 Å². The van der Waals surface area contributed by atoms with Crippen molar-refractivity contribution in [3.8, 4) is 11.5 Å². The van der Waals surface area contributed by atoms with Gasteiger partial charge in [-0.05, 0) is 69.2 Å². The largest absolute Gasteiger partial charge is 0.508 e. The lowest BCUT2D eigenvalue weighted by atomic mass is 9.88. The van der Waals surface area contributed by atoms with Crippen LogP contribution in [0.4, 0.5) is 0 Å². The normalized spacial score (nSPS) is 22.2. The van der Waals surface area contributed by atoms with Crippen LogP contribution in [-0.4, -0.2) is 62.8 Å². The van der Waals surface area contributed by atoms with Gasteiger partial charge in [-0.2, -0.15) is 0 Å². The number of aromatic hydroxyl groups is 2. The Bertz CT molecular complexity index is 824. The molecule has 3 rings (SSSR count). The zero-order chi connectivity index (χ0) is 22.0. The Kier molecular flexibility index (Phi) is 6.65. The summed E-state index contributed by atoms with van der Waals surface area (Å²) >= 11 is 0. The second kappa shape index (κ2) is 9.04. The predicted molar refractivity (Wildman–Crippen MR) is 116 cm³/mol. The highest BCUT2D eigenvalue weighted by atomic mass is 16.3. The topological polar surface area (TPSA) is 138 Å². The number of amidine groups is 2. The van der Waals surface area contributed by atoms with Gasteiger partial charge in [0.15, 0.2) is 5.84 Å². The van der Waals surface area contributed by atoms with Gasteiger partial charge in [0.2, 0.25) is 0 Å². The lowest BCUT2D eigenvalue weighted by Crippen LogP contribution is -2.51. The van der Waals surface area contributed by atoms with Crippen molar-refractivity contribution in [1.29, 1.82) is 10.8 Å². The number of nitrogens with one attached hydrogen (secondary N) is 2. The molecule has 1 amide bonds. The van der Waals surface area contributed by atoms with Crippen LogP contribution < -0.4 is 5.73 Å². The van der Waals surface area contributed by atoms with Crippen LogP contribution in [0.25, 0.3) is 0 Å². The first-order chi connectivity index (χ1) is 14.2. The van der Waals surface area contributed by atoms with Gasteiger partial charge < -0.3 is 25.7 Å². The summed E-state index contributed by atoms with van der Waals surface area (Å²) in [5.41, 5.74) is 6.19. The van der Waals surface area contributed by atoms with Gasteiger partial charge >= 0.3 is 0 Å². The maximum Gasteiger partial charge on any atom is 0.284 e. The summed E-state index contributed by atoms with van der Waals surface area (Å²) < 4.78 is 0. The van der Waals surface area contributed by atoms with Crippen LogP contribution >= 0.6 is 0 Å². The number of nitrogens with zero attached hydrogens (tertiary/aromatic N) is 2. The Morgan fingerprint density at radius 2 is 1.70 bits per heavy atom. The van der Waals surface area contributed by atoms with Crippen molar-refractivity contribution in [2.75, 3.05) is 13.1 Å². The molecule has 1 saturated carbocycles. The van der Waals surface area contributed by atoms with Crippen molar-refractivity contribution in [3.63, 3.8) is 0 Å². The van der Waals surface area contributed by atoms with Gasteiger partial charge in [-0.15, -0.1) is 0 Å². The van der Waals surface area contributed by atoms with Crippen molar-refractivity contribution in [2.24, 2.45) is 5.73 Å². The molecular weight excluding hydrogens is 382 g/mol. The van der Waals surface area contributed by atoms with E-state index in [0.29, 0.717) is 11.6 Å². The zero-order valence-electron chi connectivity index (χ0n) is 17.8. The highest BCUT2D eigenvalue weighted by Gasteiger charge is 2.35. The Morgan fingerprint density at radius 1 is 1.10 bits per heavy atom. The molecule has 1 aliphatic carbocycles. The van der Waals surface area contributed by atoms with Gasteiger partial charge in [-0.25, -0.2) is 0 Å². The fourth-order valence-electron chi connectivity index (χ4n) is 4.76. The van der Waals surface area contributed by atoms with Crippen molar-refractivity contribution < 1.29 is 15.0 Å². The Hall–Kier alpha value is -2.61. The second-order valence-electron chi connectivity index (χ2n) is 8.72. The van der Waals surface area contributed by atoms with Crippen molar-refractivity contribution in [2.45, 2.75) is 70.4 Å². The van der Waals surface area contributed by atoms with Crippen molar-refractivity contribution in [3.05, 3.63) is 23.3 Å². The number of nitrogens with two attached hydrogens (primary N) is 1. The van der Waals surface area contributed by atoms with E-state index >= 15 is 0 Å². The third kappa shape index (κ3) is 4.43. The lowest BCUT2D eigenvalue weighted by Gasteiger charge is -2.40. The van der Waals surface area contributed by atoms with Crippen LogP contribution in [0, 0.1) is 10.8 Å². The summed E-state index contributed by atoms with van der Waals surface area (Å²) in [5, 5.41) is 37.5. The number of likely N-dealkylation sites (tertiary alicyclic amines) is 1. The highest BCUT2D eigenvalue weighted by molar-refractivity contribution is 6.39.